The van der Waals surface area contributed by atoms with E-state index in [0.717, 1.165) is 39.3 Å². The van der Waals surface area contributed by atoms with Crippen LogP contribution in [0.5, 0.6) is 0 Å². The van der Waals surface area contributed by atoms with E-state index in [4.69, 9.17) is 19.4 Å². The van der Waals surface area contributed by atoms with Crippen LogP contribution in [0.2, 0.25) is 0 Å². The summed E-state index contributed by atoms with van der Waals surface area (Å²) >= 11 is 0. The fraction of sp³-hybridized carbons (Fsp3) is 0.650. The number of nitrogens with zero attached hydrogens (tertiary/aromatic N) is 1. The van der Waals surface area contributed by atoms with E-state index in [-0.39, 0.29) is 5.60 Å². The zero-order chi connectivity index (χ0) is 20.6. The van der Waals surface area contributed by atoms with Gasteiger partial charge < -0.3 is 14.6 Å². The number of alkyl halides is 3. The lowest BCUT2D eigenvalue weighted by atomic mass is 9.89. The Morgan fingerprint density at radius 3 is 2.64 bits per heavy atom. The highest BCUT2D eigenvalue weighted by Gasteiger charge is 2.46. The van der Waals surface area contributed by atoms with Gasteiger partial charge in [0.1, 0.15) is 0 Å². The minimum absolute atomic E-state index is 0.0605. The van der Waals surface area contributed by atoms with Crippen molar-refractivity contribution in [2.24, 2.45) is 5.92 Å². The molecule has 1 saturated heterocycles. The van der Waals surface area contributed by atoms with Gasteiger partial charge in [-0.2, -0.15) is 13.2 Å². The van der Waals surface area contributed by atoms with E-state index < -0.39 is 12.1 Å². The van der Waals surface area contributed by atoms with E-state index in [1.165, 1.54) is 24.8 Å². The number of hydrogen-bond donors (Lipinski definition) is 1. The number of morpholine rings is 1. The molecule has 2 atom stereocenters. The van der Waals surface area contributed by atoms with Crippen LogP contribution in [-0.4, -0.2) is 67.7 Å². The molecule has 1 aromatic carbocycles. The van der Waals surface area contributed by atoms with Crippen LogP contribution in [-0.2, 0) is 20.7 Å². The first-order valence-corrected chi connectivity index (χ1v) is 9.46. The molecule has 1 heterocycles. The second-order valence-electron chi connectivity index (χ2n) is 7.27. The van der Waals surface area contributed by atoms with Gasteiger partial charge in [-0.1, -0.05) is 36.8 Å². The Bertz CT molecular complexity index is 611. The van der Waals surface area contributed by atoms with Crippen LogP contribution in [0.15, 0.2) is 30.3 Å². The monoisotopic (exact) mass is 403 g/mol. The number of rotatable bonds is 5. The highest BCUT2D eigenvalue weighted by molar-refractivity contribution is 5.73. The normalized spacial score (nSPS) is 25.4. The topological polar surface area (TPSA) is 59.0 Å². The predicted octanol–water partition coefficient (Wildman–Crippen LogP) is 3.38. The Balaban J connectivity index is 0.000000345. The van der Waals surface area contributed by atoms with Crippen LogP contribution < -0.4 is 0 Å². The summed E-state index contributed by atoms with van der Waals surface area (Å²) < 4.78 is 43.4. The van der Waals surface area contributed by atoms with Gasteiger partial charge in [-0.25, -0.2) is 4.79 Å². The smallest absolute Gasteiger partial charge is 0.475 e. The second-order valence-corrected chi connectivity index (χ2v) is 7.27. The summed E-state index contributed by atoms with van der Waals surface area (Å²) in [5.74, 6) is -2.19. The van der Waals surface area contributed by atoms with Crippen molar-refractivity contribution in [2.45, 2.75) is 37.5 Å². The largest absolute Gasteiger partial charge is 0.490 e. The third-order valence-electron chi connectivity index (χ3n) is 5.35. The number of methoxy groups -OCH3 is 1. The molecule has 0 aromatic heterocycles. The highest BCUT2D eigenvalue weighted by atomic mass is 19.4. The Hall–Kier alpha value is -1.64. The molecule has 0 radical (unpaired) electrons. The Labute approximate surface area is 163 Å². The van der Waals surface area contributed by atoms with Gasteiger partial charge in [-0.05, 0) is 24.8 Å². The van der Waals surface area contributed by atoms with E-state index in [1.807, 2.05) is 7.11 Å². The second kappa shape index (κ2) is 10.2. The van der Waals surface area contributed by atoms with Gasteiger partial charge in [-0.3, -0.25) is 4.90 Å². The number of hydrogen-bond acceptors (Lipinski definition) is 4. The van der Waals surface area contributed by atoms with Gasteiger partial charge in [0.05, 0.1) is 18.8 Å². The standard InChI is InChI=1S/C18H27NO2.C2HF3O2/c1-20-14-17-8-5-10-18(17)15-19(12-13-21-18)11-9-16-6-3-2-4-7-16;3-2(4,5)1(6)7/h2-4,6-7,17H,5,8-15H2,1H3;(H,6,7)/t17-,18-;/m0./s1. The molecule has 5 nitrogen and oxygen atoms in total. The molecule has 1 aliphatic heterocycles. The quantitative estimate of drug-likeness (QED) is 0.817. The zero-order valence-corrected chi connectivity index (χ0v) is 16.1. The Morgan fingerprint density at radius 1 is 1.36 bits per heavy atom. The third kappa shape index (κ3) is 6.46. The Kier molecular flexibility index (Phi) is 8.27. The summed E-state index contributed by atoms with van der Waals surface area (Å²) in [6.07, 6.45) is -0.227. The van der Waals surface area contributed by atoms with Crippen LogP contribution in [0.3, 0.4) is 0 Å². The van der Waals surface area contributed by atoms with Gasteiger partial charge in [0.15, 0.2) is 0 Å². The lowest BCUT2D eigenvalue weighted by Crippen LogP contribution is -2.55. The van der Waals surface area contributed by atoms with Crippen LogP contribution in [0.25, 0.3) is 0 Å². The average Bonchev–Trinajstić information content (AvgIpc) is 3.02. The van der Waals surface area contributed by atoms with Crippen molar-refractivity contribution in [2.75, 3.05) is 40.0 Å². The molecule has 1 spiro atoms. The van der Waals surface area contributed by atoms with E-state index in [0.29, 0.717) is 5.92 Å². The van der Waals surface area contributed by atoms with Crippen molar-refractivity contribution in [1.82, 2.24) is 4.90 Å². The molecule has 0 amide bonds. The molecular formula is C20H28F3NO4. The van der Waals surface area contributed by atoms with Crippen LogP contribution in [0.1, 0.15) is 24.8 Å². The number of carbonyl (C=O) groups is 1. The summed E-state index contributed by atoms with van der Waals surface area (Å²) in [7, 11) is 1.81. The number of benzene rings is 1. The van der Waals surface area contributed by atoms with Crippen molar-refractivity contribution in [3.8, 4) is 0 Å². The van der Waals surface area contributed by atoms with E-state index in [9.17, 15) is 13.2 Å². The lowest BCUT2D eigenvalue weighted by molar-refractivity contribution is -0.192. The SMILES string of the molecule is COC[C@@H]1CCC[C@]12CN(CCc1ccccc1)CCO2.O=C(O)C(F)(F)F. The predicted molar refractivity (Wildman–Crippen MR) is 98.2 cm³/mol. The maximum absolute atomic E-state index is 10.6. The minimum Gasteiger partial charge on any atom is -0.475 e. The summed E-state index contributed by atoms with van der Waals surface area (Å²) in [5.41, 5.74) is 1.49. The van der Waals surface area contributed by atoms with E-state index in [2.05, 4.69) is 35.2 Å². The van der Waals surface area contributed by atoms with Gasteiger partial charge in [0, 0.05) is 32.7 Å². The van der Waals surface area contributed by atoms with Crippen molar-refractivity contribution >= 4 is 5.97 Å². The molecule has 2 aliphatic rings. The summed E-state index contributed by atoms with van der Waals surface area (Å²) in [6, 6.07) is 10.8. The Morgan fingerprint density at radius 2 is 2.04 bits per heavy atom. The number of carboxylic acids is 1. The fourth-order valence-corrected chi connectivity index (χ4v) is 3.95. The van der Waals surface area contributed by atoms with Gasteiger partial charge >= 0.3 is 12.1 Å². The molecular weight excluding hydrogens is 375 g/mol. The number of halogens is 3. The van der Waals surface area contributed by atoms with Crippen LogP contribution >= 0.6 is 0 Å². The molecule has 3 rings (SSSR count). The van der Waals surface area contributed by atoms with Gasteiger partial charge in [-0.15, -0.1) is 0 Å². The average molecular weight is 403 g/mol. The maximum atomic E-state index is 10.6. The maximum Gasteiger partial charge on any atom is 0.490 e. The fourth-order valence-electron chi connectivity index (χ4n) is 3.95. The van der Waals surface area contributed by atoms with E-state index >= 15 is 0 Å². The highest BCUT2D eigenvalue weighted by Crippen LogP contribution is 2.41. The molecule has 1 saturated carbocycles. The molecule has 1 aliphatic carbocycles. The number of aliphatic carboxylic acids is 1. The minimum atomic E-state index is -5.08. The number of ether oxygens (including phenoxy) is 2. The van der Waals surface area contributed by atoms with Crippen molar-refractivity contribution in [3.05, 3.63) is 35.9 Å². The number of carboxylic acid groups (broad SMARTS) is 1. The summed E-state index contributed by atoms with van der Waals surface area (Å²) in [5, 5.41) is 7.12. The first-order valence-electron chi connectivity index (χ1n) is 9.46. The summed E-state index contributed by atoms with van der Waals surface area (Å²) in [4.78, 5) is 11.5. The van der Waals surface area contributed by atoms with Crippen LogP contribution in [0, 0.1) is 5.92 Å². The summed E-state index contributed by atoms with van der Waals surface area (Å²) in [6.45, 7) is 4.98. The molecule has 0 bridgehead atoms. The molecule has 1 N–H and O–H groups in total. The molecule has 8 heteroatoms. The molecule has 1 aromatic rings. The van der Waals surface area contributed by atoms with Gasteiger partial charge in [0.2, 0.25) is 0 Å². The lowest BCUT2D eigenvalue weighted by Gasteiger charge is -2.44. The van der Waals surface area contributed by atoms with Crippen molar-refractivity contribution < 1.29 is 32.5 Å². The van der Waals surface area contributed by atoms with Crippen molar-refractivity contribution in [3.63, 3.8) is 0 Å². The molecule has 28 heavy (non-hydrogen) atoms. The third-order valence-corrected chi connectivity index (χ3v) is 5.35. The molecule has 158 valence electrons. The van der Waals surface area contributed by atoms with Crippen molar-refractivity contribution in [1.29, 1.82) is 0 Å². The molecule has 2 fully saturated rings. The van der Waals surface area contributed by atoms with Crippen LogP contribution in [0.4, 0.5) is 13.2 Å². The van der Waals surface area contributed by atoms with Gasteiger partial charge in [0.25, 0.3) is 0 Å². The van der Waals surface area contributed by atoms with E-state index in [1.54, 1.807) is 0 Å². The zero-order valence-electron chi connectivity index (χ0n) is 16.1. The molecule has 0 unspecified atom stereocenters. The first-order chi connectivity index (χ1) is 13.3. The first kappa shape index (κ1) is 22.6.